The van der Waals surface area contributed by atoms with Crippen LogP contribution in [0.5, 0.6) is 0 Å². The van der Waals surface area contributed by atoms with Crippen LogP contribution < -0.4 is 5.32 Å². The van der Waals surface area contributed by atoms with Gasteiger partial charge >= 0.3 is 0 Å². The summed E-state index contributed by atoms with van der Waals surface area (Å²) in [5.74, 6) is 1.56. The third-order valence-electron chi connectivity index (χ3n) is 5.08. The summed E-state index contributed by atoms with van der Waals surface area (Å²) >= 11 is 0. The number of aryl methyl sites for hydroxylation is 1. The van der Waals surface area contributed by atoms with Gasteiger partial charge in [0.15, 0.2) is 5.96 Å². The van der Waals surface area contributed by atoms with Gasteiger partial charge in [0, 0.05) is 45.0 Å². The van der Waals surface area contributed by atoms with Crippen molar-refractivity contribution in [2.24, 2.45) is 10.9 Å². The summed E-state index contributed by atoms with van der Waals surface area (Å²) < 4.78 is 5.92. The molecule has 5 heteroatoms. The molecule has 1 saturated heterocycles. The Morgan fingerprint density at radius 1 is 1.30 bits per heavy atom. The minimum atomic E-state index is 0.565. The molecule has 144 valence electrons. The van der Waals surface area contributed by atoms with Crippen molar-refractivity contribution < 1.29 is 4.74 Å². The molecule has 1 atom stereocenters. The molecule has 0 radical (unpaired) electrons. The number of hydrogen-bond donors (Lipinski definition) is 1. The zero-order chi connectivity index (χ0) is 18.9. The highest BCUT2D eigenvalue weighted by Crippen LogP contribution is 2.17. The maximum absolute atomic E-state index is 5.92. The van der Waals surface area contributed by atoms with Crippen LogP contribution in [-0.4, -0.2) is 49.1 Å². The van der Waals surface area contributed by atoms with Gasteiger partial charge in [-0.15, -0.1) is 0 Å². The van der Waals surface area contributed by atoms with Gasteiger partial charge in [-0.2, -0.15) is 0 Å². The SMILES string of the molecule is CN=C(NCCc1ccncc1C)N1CCC(COCc2ccccc2)C1. The van der Waals surface area contributed by atoms with Crippen molar-refractivity contribution in [2.75, 3.05) is 33.3 Å². The maximum atomic E-state index is 5.92. The summed E-state index contributed by atoms with van der Waals surface area (Å²) in [7, 11) is 1.86. The van der Waals surface area contributed by atoms with Crippen molar-refractivity contribution in [3.8, 4) is 0 Å². The summed E-state index contributed by atoms with van der Waals surface area (Å²) in [6.45, 7) is 6.52. The van der Waals surface area contributed by atoms with E-state index in [0.29, 0.717) is 12.5 Å². The Morgan fingerprint density at radius 3 is 2.93 bits per heavy atom. The molecule has 0 spiro atoms. The second-order valence-corrected chi connectivity index (χ2v) is 7.13. The Kier molecular flexibility index (Phi) is 7.22. The lowest BCUT2D eigenvalue weighted by atomic mass is 10.1. The molecule has 3 rings (SSSR count). The molecule has 1 unspecified atom stereocenters. The van der Waals surface area contributed by atoms with Gasteiger partial charge in [0.25, 0.3) is 0 Å². The molecule has 1 aromatic heterocycles. The monoisotopic (exact) mass is 366 g/mol. The van der Waals surface area contributed by atoms with Crippen LogP contribution in [0.25, 0.3) is 0 Å². The van der Waals surface area contributed by atoms with Crippen LogP contribution in [0.2, 0.25) is 0 Å². The fourth-order valence-electron chi connectivity index (χ4n) is 3.50. The summed E-state index contributed by atoms with van der Waals surface area (Å²) in [4.78, 5) is 11.0. The molecule has 1 aromatic carbocycles. The number of nitrogens with one attached hydrogen (secondary N) is 1. The van der Waals surface area contributed by atoms with E-state index in [0.717, 1.165) is 45.0 Å². The lowest BCUT2D eigenvalue weighted by Gasteiger charge is -2.22. The van der Waals surface area contributed by atoms with Crippen LogP contribution in [0.4, 0.5) is 0 Å². The fraction of sp³-hybridized carbons (Fsp3) is 0.455. The number of rotatable bonds is 7. The highest BCUT2D eigenvalue weighted by molar-refractivity contribution is 5.80. The second-order valence-electron chi connectivity index (χ2n) is 7.13. The number of benzene rings is 1. The van der Waals surface area contributed by atoms with E-state index in [9.17, 15) is 0 Å². The lowest BCUT2D eigenvalue weighted by molar-refractivity contribution is 0.0907. The Hall–Kier alpha value is -2.40. The van der Waals surface area contributed by atoms with E-state index >= 15 is 0 Å². The van der Waals surface area contributed by atoms with E-state index in [4.69, 9.17) is 4.74 Å². The minimum Gasteiger partial charge on any atom is -0.376 e. The second kappa shape index (κ2) is 10.1. The number of aromatic nitrogens is 1. The molecule has 27 heavy (non-hydrogen) atoms. The standard InChI is InChI=1S/C22H30N4O/c1-18-14-24-11-8-21(18)9-12-25-22(23-2)26-13-10-20(15-26)17-27-16-19-6-4-3-5-7-19/h3-8,11,14,20H,9-10,12-13,15-17H2,1-2H3,(H,23,25). The molecule has 1 N–H and O–H groups in total. The molecule has 0 aliphatic carbocycles. The van der Waals surface area contributed by atoms with Crippen molar-refractivity contribution in [3.63, 3.8) is 0 Å². The average Bonchev–Trinajstić information content (AvgIpc) is 3.16. The normalized spacial score (nSPS) is 17.3. The molecule has 2 heterocycles. The van der Waals surface area contributed by atoms with E-state index < -0.39 is 0 Å². The molecule has 5 nitrogen and oxygen atoms in total. The number of guanidine groups is 1. The molecule has 1 fully saturated rings. The van der Waals surface area contributed by atoms with Crippen molar-refractivity contribution in [2.45, 2.75) is 26.4 Å². The average molecular weight is 367 g/mol. The van der Waals surface area contributed by atoms with Gasteiger partial charge in [-0.1, -0.05) is 30.3 Å². The van der Waals surface area contributed by atoms with E-state index in [1.807, 2.05) is 25.5 Å². The number of nitrogens with zero attached hydrogens (tertiary/aromatic N) is 3. The minimum absolute atomic E-state index is 0.565. The maximum Gasteiger partial charge on any atom is 0.193 e. The van der Waals surface area contributed by atoms with Crippen molar-refractivity contribution in [1.29, 1.82) is 0 Å². The first kappa shape index (κ1) is 19.4. The van der Waals surface area contributed by atoms with Gasteiger partial charge in [-0.3, -0.25) is 9.98 Å². The third-order valence-corrected chi connectivity index (χ3v) is 5.08. The molecule has 2 aromatic rings. The highest BCUT2D eigenvalue weighted by atomic mass is 16.5. The summed E-state index contributed by atoms with van der Waals surface area (Å²) in [5.41, 5.74) is 3.81. The Bertz CT molecular complexity index is 732. The van der Waals surface area contributed by atoms with Crippen LogP contribution in [0.1, 0.15) is 23.1 Å². The van der Waals surface area contributed by atoms with Gasteiger partial charge in [0.1, 0.15) is 0 Å². The van der Waals surface area contributed by atoms with E-state index in [1.165, 1.54) is 16.7 Å². The van der Waals surface area contributed by atoms with Crippen LogP contribution in [0.3, 0.4) is 0 Å². The number of pyridine rings is 1. The fourth-order valence-corrected chi connectivity index (χ4v) is 3.50. The van der Waals surface area contributed by atoms with Gasteiger partial charge < -0.3 is 15.0 Å². The van der Waals surface area contributed by atoms with Gasteiger partial charge in [-0.25, -0.2) is 0 Å². The number of aliphatic imine (C=N–C) groups is 1. The third kappa shape index (κ3) is 5.79. The molecule has 1 aliphatic heterocycles. The van der Waals surface area contributed by atoms with E-state index in [1.54, 1.807) is 0 Å². The van der Waals surface area contributed by atoms with Crippen LogP contribution in [-0.2, 0) is 17.8 Å². The zero-order valence-corrected chi connectivity index (χ0v) is 16.4. The van der Waals surface area contributed by atoms with Crippen molar-refractivity contribution in [1.82, 2.24) is 15.2 Å². The number of ether oxygens (including phenoxy) is 1. The molecule has 0 saturated carbocycles. The van der Waals surface area contributed by atoms with E-state index in [-0.39, 0.29) is 0 Å². The molecule has 0 bridgehead atoms. The number of likely N-dealkylation sites (tertiary alicyclic amines) is 1. The highest BCUT2D eigenvalue weighted by Gasteiger charge is 2.24. The molecular formula is C22H30N4O. The summed E-state index contributed by atoms with van der Waals surface area (Å²) in [5, 5.41) is 3.50. The van der Waals surface area contributed by atoms with E-state index in [2.05, 4.69) is 57.4 Å². The van der Waals surface area contributed by atoms with Crippen molar-refractivity contribution in [3.05, 3.63) is 65.5 Å². The smallest absolute Gasteiger partial charge is 0.193 e. The van der Waals surface area contributed by atoms with Gasteiger partial charge in [-0.05, 0) is 42.5 Å². The number of hydrogen-bond acceptors (Lipinski definition) is 3. The largest absolute Gasteiger partial charge is 0.376 e. The zero-order valence-electron chi connectivity index (χ0n) is 16.4. The van der Waals surface area contributed by atoms with Crippen LogP contribution in [0, 0.1) is 12.8 Å². The molecule has 0 amide bonds. The predicted octanol–water partition coefficient (Wildman–Crippen LogP) is 3.05. The van der Waals surface area contributed by atoms with Crippen LogP contribution >= 0.6 is 0 Å². The van der Waals surface area contributed by atoms with Crippen LogP contribution in [0.15, 0.2) is 53.8 Å². The van der Waals surface area contributed by atoms with Gasteiger partial charge in [0.05, 0.1) is 13.2 Å². The molecule has 1 aliphatic rings. The van der Waals surface area contributed by atoms with Crippen molar-refractivity contribution >= 4 is 5.96 Å². The summed E-state index contributed by atoms with van der Waals surface area (Å²) in [6, 6.07) is 12.5. The Labute approximate surface area is 162 Å². The molecular weight excluding hydrogens is 336 g/mol. The Balaban J connectivity index is 1.39. The summed E-state index contributed by atoms with van der Waals surface area (Å²) in [6.07, 6.45) is 5.91. The quantitative estimate of drug-likeness (QED) is 0.604. The topological polar surface area (TPSA) is 49.8 Å². The first-order chi connectivity index (χ1) is 13.3. The predicted molar refractivity (Wildman–Crippen MR) is 110 cm³/mol. The first-order valence-electron chi connectivity index (χ1n) is 9.73. The van der Waals surface area contributed by atoms with Gasteiger partial charge in [0.2, 0.25) is 0 Å². The Morgan fingerprint density at radius 2 is 2.15 bits per heavy atom. The lowest BCUT2D eigenvalue weighted by Crippen LogP contribution is -2.41. The first-order valence-corrected chi connectivity index (χ1v) is 9.73.